The highest BCUT2D eigenvalue weighted by Gasteiger charge is 2.09. The molecule has 1 heterocycles. The molecule has 0 saturated carbocycles. The van der Waals surface area contributed by atoms with Gasteiger partial charge in [0.15, 0.2) is 0 Å². The quantitative estimate of drug-likeness (QED) is 0.777. The Bertz CT molecular complexity index is 341. The van der Waals surface area contributed by atoms with E-state index in [1.165, 1.54) is 7.11 Å². The highest BCUT2D eigenvalue weighted by Crippen LogP contribution is 2.17. The van der Waals surface area contributed by atoms with E-state index in [0.29, 0.717) is 6.61 Å². The first-order valence-electron chi connectivity index (χ1n) is 3.90. The lowest BCUT2D eigenvalue weighted by Gasteiger charge is -2.04. The van der Waals surface area contributed by atoms with E-state index in [2.05, 4.69) is 25.7 Å². The molecule has 1 rings (SSSR count). The average molecular weight is 260 g/mol. The van der Waals surface area contributed by atoms with Crippen LogP contribution in [0.4, 0.5) is 0 Å². The van der Waals surface area contributed by atoms with Gasteiger partial charge < -0.3 is 9.47 Å². The Morgan fingerprint density at radius 3 is 2.86 bits per heavy atom. The molecule has 0 aromatic carbocycles. The minimum Gasteiger partial charge on any atom is -0.464 e. The predicted molar refractivity (Wildman–Crippen MR) is 54.0 cm³/mol. The zero-order valence-corrected chi connectivity index (χ0v) is 9.50. The van der Waals surface area contributed by atoms with E-state index >= 15 is 0 Å². The van der Waals surface area contributed by atoms with Gasteiger partial charge in [0, 0.05) is 17.8 Å². The number of nitrogens with zero attached hydrogens (tertiary/aromatic N) is 1. The van der Waals surface area contributed by atoms with Crippen molar-refractivity contribution in [2.24, 2.45) is 0 Å². The van der Waals surface area contributed by atoms with Crippen molar-refractivity contribution in [3.05, 3.63) is 28.0 Å². The Balaban J connectivity index is 2.99. The Morgan fingerprint density at radius 1 is 1.57 bits per heavy atom. The lowest BCUT2D eigenvalue weighted by atomic mass is 10.2. The number of aromatic nitrogens is 1. The first kappa shape index (κ1) is 11.1. The SMILES string of the molecule is COCc1cc(C(=O)OC)ncc1Br. The van der Waals surface area contributed by atoms with E-state index in [4.69, 9.17) is 4.74 Å². The number of carbonyl (C=O) groups is 1. The Hall–Kier alpha value is -0.940. The Morgan fingerprint density at radius 2 is 2.29 bits per heavy atom. The fraction of sp³-hybridized carbons (Fsp3) is 0.333. The van der Waals surface area contributed by atoms with Gasteiger partial charge in [-0.3, -0.25) is 0 Å². The van der Waals surface area contributed by atoms with Gasteiger partial charge in [-0.15, -0.1) is 0 Å². The van der Waals surface area contributed by atoms with Gasteiger partial charge in [0.05, 0.1) is 13.7 Å². The summed E-state index contributed by atoms with van der Waals surface area (Å²) in [6.45, 7) is 0.424. The molecule has 1 aromatic heterocycles. The number of pyridine rings is 1. The van der Waals surface area contributed by atoms with Crippen LogP contribution in [0.15, 0.2) is 16.7 Å². The zero-order valence-electron chi connectivity index (χ0n) is 7.91. The van der Waals surface area contributed by atoms with Crippen LogP contribution in [0.3, 0.4) is 0 Å². The summed E-state index contributed by atoms with van der Waals surface area (Å²) >= 11 is 3.31. The number of esters is 1. The van der Waals surface area contributed by atoms with Crippen molar-refractivity contribution in [2.75, 3.05) is 14.2 Å². The molecule has 0 aliphatic heterocycles. The van der Waals surface area contributed by atoms with Crippen LogP contribution in [-0.4, -0.2) is 25.2 Å². The number of ether oxygens (including phenoxy) is 2. The summed E-state index contributed by atoms with van der Waals surface area (Å²) in [4.78, 5) is 15.1. The molecule has 0 N–H and O–H groups in total. The molecule has 0 radical (unpaired) electrons. The maximum atomic E-state index is 11.1. The van der Waals surface area contributed by atoms with Crippen LogP contribution in [-0.2, 0) is 16.1 Å². The fourth-order valence-corrected chi connectivity index (χ4v) is 1.29. The number of hydrogen-bond donors (Lipinski definition) is 0. The molecule has 0 fully saturated rings. The first-order chi connectivity index (χ1) is 6.69. The largest absolute Gasteiger partial charge is 0.464 e. The number of carbonyl (C=O) groups excluding carboxylic acids is 1. The van der Waals surface area contributed by atoms with Crippen LogP contribution in [0, 0.1) is 0 Å². The maximum absolute atomic E-state index is 11.1. The predicted octanol–water partition coefficient (Wildman–Crippen LogP) is 1.78. The Labute approximate surface area is 90.4 Å². The summed E-state index contributed by atoms with van der Waals surface area (Å²) in [6.07, 6.45) is 1.56. The first-order valence-corrected chi connectivity index (χ1v) is 4.70. The second kappa shape index (κ2) is 5.07. The van der Waals surface area contributed by atoms with Gasteiger partial charge in [0.2, 0.25) is 0 Å². The maximum Gasteiger partial charge on any atom is 0.356 e. The van der Waals surface area contributed by atoms with Crippen LogP contribution < -0.4 is 0 Å². The third kappa shape index (κ3) is 2.52. The minimum atomic E-state index is -0.449. The molecule has 0 spiro atoms. The van der Waals surface area contributed by atoms with Gasteiger partial charge in [-0.05, 0) is 27.6 Å². The monoisotopic (exact) mass is 259 g/mol. The number of hydrogen-bond acceptors (Lipinski definition) is 4. The summed E-state index contributed by atoms with van der Waals surface area (Å²) in [5.74, 6) is -0.449. The van der Waals surface area contributed by atoms with Gasteiger partial charge in [0.25, 0.3) is 0 Å². The van der Waals surface area contributed by atoms with Crippen molar-refractivity contribution >= 4 is 21.9 Å². The highest BCUT2D eigenvalue weighted by molar-refractivity contribution is 9.10. The molecule has 0 aliphatic carbocycles. The van der Waals surface area contributed by atoms with Crippen LogP contribution in [0.25, 0.3) is 0 Å². The van der Waals surface area contributed by atoms with Gasteiger partial charge >= 0.3 is 5.97 Å². The number of halogens is 1. The van der Waals surface area contributed by atoms with Crippen molar-refractivity contribution in [3.63, 3.8) is 0 Å². The van der Waals surface area contributed by atoms with Gasteiger partial charge in [-0.1, -0.05) is 0 Å². The van der Waals surface area contributed by atoms with Crippen molar-refractivity contribution in [1.82, 2.24) is 4.98 Å². The van der Waals surface area contributed by atoms with E-state index in [1.54, 1.807) is 19.4 Å². The lowest BCUT2D eigenvalue weighted by molar-refractivity contribution is 0.0593. The molecular formula is C9H10BrNO3. The molecule has 14 heavy (non-hydrogen) atoms. The summed E-state index contributed by atoms with van der Waals surface area (Å²) in [5.41, 5.74) is 1.14. The van der Waals surface area contributed by atoms with Crippen LogP contribution in [0.5, 0.6) is 0 Å². The summed E-state index contributed by atoms with van der Waals surface area (Å²) in [5, 5.41) is 0. The normalized spacial score (nSPS) is 9.93. The smallest absolute Gasteiger partial charge is 0.356 e. The van der Waals surface area contributed by atoms with E-state index in [0.717, 1.165) is 10.0 Å². The molecule has 0 aliphatic rings. The van der Waals surface area contributed by atoms with Gasteiger partial charge in [-0.2, -0.15) is 0 Å². The summed E-state index contributed by atoms with van der Waals surface area (Å²) in [6, 6.07) is 1.64. The van der Waals surface area contributed by atoms with Crippen molar-refractivity contribution in [1.29, 1.82) is 0 Å². The second-order valence-electron chi connectivity index (χ2n) is 2.59. The molecule has 0 amide bonds. The van der Waals surface area contributed by atoms with Gasteiger partial charge in [0.1, 0.15) is 5.69 Å². The topological polar surface area (TPSA) is 48.4 Å². The standard InChI is InChI=1S/C9H10BrNO3/c1-13-5-6-3-8(9(12)14-2)11-4-7(6)10/h3-4H,5H2,1-2H3. The zero-order chi connectivity index (χ0) is 10.6. The van der Waals surface area contributed by atoms with E-state index < -0.39 is 5.97 Å². The van der Waals surface area contributed by atoms with E-state index in [-0.39, 0.29) is 5.69 Å². The third-order valence-electron chi connectivity index (χ3n) is 1.63. The van der Waals surface area contributed by atoms with E-state index in [1.807, 2.05) is 0 Å². The Kier molecular flexibility index (Phi) is 4.03. The summed E-state index contributed by atoms with van der Waals surface area (Å²) < 4.78 is 10.3. The molecule has 76 valence electrons. The number of rotatable bonds is 3. The van der Waals surface area contributed by atoms with E-state index in [9.17, 15) is 4.79 Å². The van der Waals surface area contributed by atoms with Gasteiger partial charge in [-0.25, -0.2) is 9.78 Å². The van der Waals surface area contributed by atoms with Crippen LogP contribution >= 0.6 is 15.9 Å². The molecule has 0 saturated heterocycles. The summed E-state index contributed by atoms with van der Waals surface area (Å²) in [7, 11) is 2.91. The van der Waals surface area contributed by atoms with Crippen molar-refractivity contribution < 1.29 is 14.3 Å². The molecule has 0 bridgehead atoms. The minimum absolute atomic E-state index is 0.280. The highest BCUT2D eigenvalue weighted by atomic mass is 79.9. The van der Waals surface area contributed by atoms with Crippen molar-refractivity contribution in [2.45, 2.75) is 6.61 Å². The molecule has 0 unspecified atom stereocenters. The van der Waals surface area contributed by atoms with Crippen LogP contribution in [0.1, 0.15) is 16.1 Å². The molecule has 0 atom stereocenters. The fourth-order valence-electron chi connectivity index (χ4n) is 0.963. The molecular weight excluding hydrogens is 250 g/mol. The van der Waals surface area contributed by atoms with Crippen LogP contribution in [0.2, 0.25) is 0 Å². The molecule has 4 nitrogen and oxygen atoms in total. The number of methoxy groups -OCH3 is 2. The lowest BCUT2D eigenvalue weighted by Crippen LogP contribution is -2.05. The molecule has 5 heteroatoms. The second-order valence-corrected chi connectivity index (χ2v) is 3.44. The average Bonchev–Trinajstić information content (AvgIpc) is 2.20. The third-order valence-corrected chi connectivity index (χ3v) is 2.34. The molecule has 1 aromatic rings. The van der Waals surface area contributed by atoms with Crippen molar-refractivity contribution in [3.8, 4) is 0 Å².